The van der Waals surface area contributed by atoms with Gasteiger partial charge in [0.05, 0.1) is 12.8 Å². The molecule has 0 aliphatic carbocycles. The molecule has 0 fully saturated rings. The molecule has 0 amide bonds. The Morgan fingerprint density at radius 1 is 0.926 bits per heavy atom. The topological polar surface area (TPSA) is 30.8 Å². The van der Waals surface area contributed by atoms with E-state index in [1.54, 1.807) is 19.4 Å². The maximum absolute atomic E-state index is 13.3. The third kappa shape index (κ3) is 5.17. The smallest absolute Gasteiger partial charge is 0.161 e. The van der Waals surface area contributed by atoms with Crippen molar-refractivity contribution in [3.63, 3.8) is 0 Å². The first-order chi connectivity index (χ1) is 13.2. The number of benzene rings is 3. The van der Waals surface area contributed by atoms with Gasteiger partial charge in [-0.3, -0.25) is 4.99 Å². The highest BCUT2D eigenvalue weighted by molar-refractivity contribution is 5.83. The fourth-order valence-corrected chi connectivity index (χ4v) is 2.64. The van der Waals surface area contributed by atoms with E-state index in [0.29, 0.717) is 11.5 Å². The lowest BCUT2D eigenvalue weighted by Gasteiger charge is -2.11. The van der Waals surface area contributed by atoms with Crippen LogP contribution in [-0.4, -0.2) is 13.3 Å². The summed E-state index contributed by atoms with van der Waals surface area (Å²) in [6.07, 6.45) is 2.80. The fraction of sp³-hybridized carbons (Fsp3) is 0.174. The number of ether oxygens (including phenoxy) is 2. The minimum atomic E-state index is -0.276. The third-order valence-electron chi connectivity index (χ3n) is 4.18. The molecule has 0 unspecified atom stereocenters. The average molecular weight is 363 g/mol. The summed E-state index contributed by atoms with van der Waals surface area (Å²) in [5.74, 6) is 0.935. The van der Waals surface area contributed by atoms with Gasteiger partial charge in [-0.2, -0.15) is 0 Å². The van der Waals surface area contributed by atoms with E-state index in [0.717, 1.165) is 23.2 Å². The number of aryl methyl sites for hydroxylation is 1. The quantitative estimate of drug-likeness (QED) is 0.502. The summed E-state index contributed by atoms with van der Waals surface area (Å²) in [4.78, 5) is 4.50. The summed E-state index contributed by atoms with van der Waals surface area (Å²) < 4.78 is 24.5. The van der Waals surface area contributed by atoms with Crippen LogP contribution >= 0.6 is 0 Å². The Kier molecular flexibility index (Phi) is 6.21. The Balaban J connectivity index is 1.70. The van der Waals surface area contributed by atoms with Gasteiger partial charge in [-0.15, -0.1) is 0 Å². The van der Waals surface area contributed by atoms with Crippen molar-refractivity contribution in [3.8, 4) is 11.5 Å². The van der Waals surface area contributed by atoms with Crippen LogP contribution < -0.4 is 9.47 Å². The van der Waals surface area contributed by atoms with E-state index in [4.69, 9.17) is 9.47 Å². The molecule has 0 saturated heterocycles. The molecule has 0 N–H and O–H groups in total. The van der Waals surface area contributed by atoms with Crippen molar-refractivity contribution >= 4 is 11.9 Å². The van der Waals surface area contributed by atoms with Gasteiger partial charge in [0.25, 0.3) is 0 Å². The molecule has 0 radical (unpaired) electrons. The minimum Gasteiger partial charge on any atom is -0.493 e. The molecule has 0 aliphatic heterocycles. The summed E-state index contributed by atoms with van der Waals surface area (Å²) in [6, 6.07) is 20.1. The molecule has 3 aromatic rings. The van der Waals surface area contributed by atoms with Gasteiger partial charge in [0.15, 0.2) is 11.5 Å². The van der Waals surface area contributed by atoms with E-state index in [9.17, 15) is 4.39 Å². The summed E-state index contributed by atoms with van der Waals surface area (Å²) in [5, 5.41) is 0. The lowest BCUT2D eigenvalue weighted by atomic mass is 10.1. The van der Waals surface area contributed by atoms with Gasteiger partial charge in [0.2, 0.25) is 0 Å². The highest BCUT2D eigenvalue weighted by Gasteiger charge is 2.06. The summed E-state index contributed by atoms with van der Waals surface area (Å²) in [5.41, 5.74) is 3.86. The predicted octanol–water partition coefficient (Wildman–Crippen LogP) is 5.73. The minimum absolute atomic E-state index is 0.269. The van der Waals surface area contributed by atoms with Crippen molar-refractivity contribution < 1.29 is 13.9 Å². The Bertz CT molecular complexity index is 920. The van der Waals surface area contributed by atoms with Gasteiger partial charge in [-0.1, -0.05) is 31.2 Å². The number of halogens is 1. The maximum atomic E-state index is 13.3. The molecule has 0 aromatic heterocycles. The molecule has 3 aromatic carbocycles. The lowest BCUT2D eigenvalue weighted by Crippen LogP contribution is -1.98. The standard InChI is InChI=1S/C23H22FNO2/c1-3-17-7-10-21(11-8-17)25-15-18-9-12-22(23(14-18)26-2)27-16-19-5-4-6-20(24)13-19/h4-15H,3,16H2,1-2H3. The van der Waals surface area contributed by atoms with Gasteiger partial charge < -0.3 is 9.47 Å². The molecule has 0 saturated carbocycles. The average Bonchev–Trinajstić information content (AvgIpc) is 2.71. The second-order valence-electron chi connectivity index (χ2n) is 6.11. The molecule has 0 spiro atoms. The van der Waals surface area contributed by atoms with Gasteiger partial charge in [0.1, 0.15) is 12.4 Å². The fourth-order valence-electron chi connectivity index (χ4n) is 2.64. The maximum Gasteiger partial charge on any atom is 0.161 e. The van der Waals surface area contributed by atoms with Gasteiger partial charge in [0, 0.05) is 6.21 Å². The van der Waals surface area contributed by atoms with E-state index < -0.39 is 0 Å². The summed E-state index contributed by atoms with van der Waals surface area (Å²) in [6.45, 7) is 2.40. The first-order valence-electron chi connectivity index (χ1n) is 8.86. The number of rotatable bonds is 7. The van der Waals surface area contributed by atoms with Crippen molar-refractivity contribution in [3.05, 3.63) is 89.2 Å². The van der Waals surface area contributed by atoms with Gasteiger partial charge >= 0.3 is 0 Å². The zero-order valence-electron chi connectivity index (χ0n) is 15.5. The normalized spacial score (nSPS) is 10.9. The van der Waals surface area contributed by atoms with Gasteiger partial charge in [-0.05, 0) is 65.6 Å². The lowest BCUT2D eigenvalue weighted by molar-refractivity contribution is 0.284. The van der Waals surface area contributed by atoms with E-state index in [2.05, 4.69) is 24.0 Å². The monoisotopic (exact) mass is 363 g/mol. The van der Waals surface area contributed by atoms with E-state index in [1.807, 2.05) is 36.4 Å². The highest BCUT2D eigenvalue weighted by Crippen LogP contribution is 2.28. The second-order valence-corrected chi connectivity index (χ2v) is 6.11. The van der Waals surface area contributed by atoms with Crippen LogP contribution in [0.1, 0.15) is 23.6 Å². The number of methoxy groups -OCH3 is 1. The van der Waals surface area contributed by atoms with Crippen LogP contribution in [0.25, 0.3) is 0 Å². The largest absolute Gasteiger partial charge is 0.493 e. The Labute approximate surface area is 159 Å². The summed E-state index contributed by atoms with van der Waals surface area (Å²) in [7, 11) is 1.59. The highest BCUT2D eigenvalue weighted by atomic mass is 19.1. The van der Waals surface area contributed by atoms with Crippen molar-refractivity contribution in [2.75, 3.05) is 7.11 Å². The Morgan fingerprint density at radius 3 is 2.44 bits per heavy atom. The van der Waals surface area contributed by atoms with E-state index >= 15 is 0 Å². The number of aliphatic imine (C=N–C) groups is 1. The van der Waals surface area contributed by atoms with Crippen LogP contribution in [0.15, 0.2) is 71.7 Å². The molecule has 27 heavy (non-hydrogen) atoms. The zero-order valence-corrected chi connectivity index (χ0v) is 15.5. The van der Waals surface area contributed by atoms with Crippen molar-refractivity contribution in [2.45, 2.75) is 20.0 Å². The van der Waals surface area contributed by atoms with Crippen LogP contribution in [0, 0.1) is 5.82 Å². The Hall–Kier alpha value is -3.14. The molecule has 0 aliphatic rings. The molecule has 0 atom stereocenters. The van der Waals surface area contributed by atoms with Crippen LogP contribution in [0.3, 0.4) is 0 Å². The third-order valence-corrected chi connectivity index (χ3v) is 4.18. The molecule has 138 valence electrons. The molecule has 4 heteroatoms. The SMILES string of the molecule is CCc1ccc(N=Cc2ccc(OCc3cccc(F)c3)c(OC)c2)cc1. The predicted molar refractivity (Wildman–Crippen MR) is 107 cm³/mol. The molecule has 0 heterocycles. The number of nitrogens with zero attached hydrogens (tertiary/aromatic N) is 1. The number of hydrogen-bond acceptors (Lipinski definition) is 3. The molecule has 0 bridgehead atoms. The second kappa shape index (κ2) is 8.99. The van der Waals surface area contributed by atoms with Crippen molar-refractivity contribution in [1.29, 1.82) is 0 Å². The van der Waals surface area contributed by atoms with E-state index in [-0.39, 0.29) is 12.4 Å². The molecule has 3 rings (SSSR count). The molecular weight excluding hydrogens is 341 g/mol. The zero-order chi connectivity index (χ0) is 19.1. The number of hydrogen-bond donors (Lipinski definition) is 0. The van der Waals surface area contributed by atoms with Crippen LogP contribution in [-0.2, 0) is 13.0 Å². The molecule has 3 nitrogen and oxygen atoms in total. The van der Waals surface area contributed by atoms with Gasteiger partial charge in [-0.25, -0.2) is 4.39 Å². The van der Waals surface area contributed by atoms with Crippen molar-refractivity contribution in [1.82, 2.24) is 0 Å². The van der Waals surface area contributed by atoms with Crippen LogP contribution in [0.5, 0.6) is 11.5 Å². The molecular formula is C23H22FNO2. The summed E-state index contributed by atoms with van der Waals surface area (Å²) >= 11 is 0. The van der Waals surface area contributed by atoms with Crippen molar-refractivity contribution in [2.24, 2.45) is 4.99 Å². The van der Waals surface area contributed by atoms with E-state index in [1.165, 1.54) is 17.7 Å². The first kappa shape index (κ1) is 18.6. The Morgan fingerprint density at radius 2 is 1.74 bits per heavy atom. The van der Waals surface area contributed by atoms with Crippen LogP contribution in [0.2, 0.25) is 0 Å². The first-order valence-corrected chi connectivity index (χ1v) is 8.86. The van der Waals surface area contributed by atoms with Crippen LogP contribution in [0.4, 0.5) is 10.1 Å².